The number of likely N-dealkylation sites (tertiary alicyclic amines) is 1. The molecule has 3 aromatic rings. The first kappa shape index (κ1) is 18.4. The number of carbonyl (C=O) groups excluding carboxylic acids is 1. The Labute approximate surface area is 163 Å². The predicted molar refractivity (Wildman–Crippen MR) is 103 cm³/mol. The Kier molecular flexibility index (Phi) is 4.98. The second-order valence-corrected chi connectivity index (χ2v) is 7.66. The molecule has 0 radical (unpaired) electrons. The van der Waals surface area contributed by atoms with Crippen LogP contribution in [0.3, 0.4) is 0 Å². The normalized spacial score (nSPS) is 15.4. The summed E-state index contributed by atoms with van der Waals surface area (Å²) < 4.78 is 10.8. The average Bonchev–Trinajstić information content (AvgIpc) is 3.38. The highest BCUT2D eigenvalue weighted by atomic mass is 16.5. The molecule has 1 aliphatic heterocycles. The molecule has 1 amide bonds. The summed E-state index contributed by atoms with van der Waals surface area (Å²) in [7, 11) is 0. The topological polar surface area (TPSA) is 85.3 Å². The van der Waals surface area contributed by atoms with Crippen LogP contribution in [0.2, 0.25) is 0 Å². The number of benzene rings is 1. The highest BCUT2D eigenvalue weighted by Gasteiger charge is 2.29. The Morgan fingerprint density at radius 3 is 2.46 bits per heavy atom. The highest BCUT2D eigenvalue weighted by Crippen LogP contribution is 2.29. The van der Waals surface area contributed by atoms with Crippen LogP contribution in [0.25, 0.3) is 11.4 Å². The number of aromatic nitrogens is 3. The van der Waals surface area contributed by atoms with Gasteiger partial charge in [0.1, 0.15) is 5.76 Å². The van der Waals surface area contributed by atoms with Crippen molar-refractivity contribution in [2.24, 2.45) is 0 Å². The summed E-state index contributed by atoms with van der Waals surface area (Å²) in [5.74, 6) is 2.27. The van der Waals surface area contributed by atoms with Crippen molar-refractivity contribution in [3.05, 3.63) is 53.2 Å². The minimum absolute atomic E-state index is 0.0834. The van der Waals surface area contributed by atoms with Crippen molar-refractivity contribution in [1.82, 2.24) is 20.2 Å². The van der Waals surface area contributed by atoms with E-state index in [2.05, 4.69) is 15.3 Å². The van der Waals surface area contributed by atoms with Crippen LogP contribution in [0.15, 0.2) is 39.4 Å². The number of piperidine rings is 1. The van der Waals surface area contributed by atoms with E-state index in [0.29, 0.717) is 30.5 Å². The zero-order valence-electron chi connectivity index (χ0n) is 16.4. The number of amides is 1. The van der Waals surface area contributed by atoms with Crippen LogP contribution < -0.4 is 0 Å². The first-order valence-corrected chi connectivity index (χ1v) is 9.68. The quantitative estimate of drug-likeness (QED) is 0.675. The molecule has 0 N–H and O–H groups in total. The van der Waals surface area contributed by atoms with E-state index in [1.165, 1.54) is 5.56 Å². The molecule has 146 valence electrons. The van der Waals surface area contributed by atoms with Gasteiger partial charge in [0.25, 0.3) is 5.91 Å². The maximum absolute atomic E-state index is 12.6. The molecule has 2 aromatic heterocycles. The fourth-order valence-electron chi connectivity index (χ4n) is 3.37. The molecule has 3 heterocycles. The third-order valence-corrected chi connectivity index (χ3v) is 5.20. The first-order valence-electron chi connectivity index (χ1n) is 9.68. The first-order chi connectivity index (χ1) is 13.5. The Balaban J connectivity index is 1.39. The van der Waals surface area contributed by atoms with E-state index in [-0.39, 0.29) is 17.7 Å². The summed E-state index contributed by atoms with van der Waals surface area (Å²) in [6, 6.07) is 9.79. The van der Waals surface area contributed by atoms with Gasteiger partial charge in [-0.05, 0) is 19.8 Å². The lowest BCUT2D eigenvalue weighted by Crippen LogP contribution is -2.38. The van der Waals surface area contributed by atoms with Crippen LogP contribution in [-0.4, -0.2) is 39.2 Å². The number of hydrogen-bond donors (Lipinski definition) is 0. The predicted octanol–water partition coefficient (Wildman–Crippen LogP) is 4.18. The molecule has 1 fully saturated rings. The largest absolute Gasteiger partial charge is 0.360 e. The van der Waals surface area contributed by atoms with Crippen LogP contribution in [0.5, 0.6) is 0 Å². The summed E-state index contributed by atoms with van der Waals surface area (Å²) in [6.45, 7) is 7.33. The number of rotatable bonds is 4. The minimum atomic E-state index is -0.0834. The molecule has 0 bridgehead atoms. The van der Waals surface area contributed by atoms with Gasteiger partial charge in [-0.15, -0.1) is 0 Å². The van der Waals surface area contributed by atoms with E-state index in [0.717, 1.165) is 24.2 Å². The van der Waals surface area contributed by atoms with Crippen molar-refractivity contribution in [3.63, 3.8) is 0 Å². The monoisotopic (exact) mass is 380 g/mol. The van der Waals surface area contributed by atoms with Crippen molar-refractivity contribution in [2.75, 3.05) is 13.1 Å². The molecule has 7 heteroatoms. The lowest BCUT2D eigenvalue weighted by Gasteiger charge is -2.29. The standard InChI is InChI=1S/C21H24N4O3/c1-13(2)18-12-17(23-27-18)21(26)25-10-8-16(9-11-25)20-22-19(24-28-20)15-6-4-14(3)5-7-15/h4-7,12-13,16H,8-11H2,1-3H3. The zero-order chi connectivity index (χ0) is 19.7. The van der Waals surface area contributed by atoms with Gasteiger partial charge in [0.15, 0.2) is 5.69 Å². The Morgan fingerprint density at radius 2 is 1.82 bits per heavy atom. The van der Waals surface area contributed by atoms with Gasteiger partial charge in [0.05, 0.1) is 0 Å². The van der Waals surface area contributed by atoms with Gasteiger partial charge in [0.2, 0.25) is 11.7 Å². The van der Waals surface area contributed by atoms with Gasteiger partial charge in [-0.3, -0.25) is 4.79 Å². The second-order valence-electron chi connectivity index (χ2n) is 7.66. The SMILES string of the molecule is Cc1ccc(-c2noc(C3CCN(C(=O)c4cc(C(C)C)on4)CC3)n2)cc1. The minimum Gasteiger partial charge on any atom is -0.360 e. The van der Waals surface area contributed by atoms with Gasteiger partial charge < -0.3 is 13.9 Å². The Hall–Kier alpha value is -2.96. The van der Waals surface area contributed by atoms with Crippen molar-refractivity contribution in [3.8, 4) is 11.4 Å². The highest BCUT2D eigenvalue weighted by molar-refractivity contribution is 5.92. The van der Waals surface area contributed by atoms with E-state index >= 15 is 0 Å². The second kappa shape index (κ2) is 7.58. The lowest BCUT2D eigenvalue weighted by molar-refractivity contribution is 0.0694. The molecule has 7 nitrogen and oxygen atoms in total. The van der Waals surface area contributed by atoms with Gasteiger partial charge >= 0.3 is 0 Å². The van der Waals surface area contributed by atoms with Crippen LogP contribution in [0.1, 0.15) is 66.2 Å². The van der Waals surface area contributed by atoms with Gasteiger partial charge in [-0.1, -0.05) is 54.0 Å². The molecule has 4 rings (SSSR count). The van der Waals surface area contributed by atoms with Gasteiger partial charge in [-0.2, -0.15) is 4.98 Å². The maximum atomic E-state index is 12.6. The molecule has 0 atom stereocenters. The Bertz CT molecular complexity index is 950. The van der Waals surface area contributed by atoms with Crippen LogP contribution in [-0.2, 0) is 0 Å². The smallest absolute Gasteiger partial charge is 0.276 e. The third-order valence-electron chi connectivity index (χ3n) is 5.20. The summed E-state index contributed by atoms with van der Waals surface area (Å²) >= 11 is 0. The van der Waals surface area contributed by atoms with Gasteiger partial charge in [-0.25, -0.2) is 0 Å². The molecule has 0 saturated carbocycles. The molecule has 1 saturated heterocycles. The number of carbonyl (C=O) groups is 1. The van der Waals surface area contributed by atoms with E-state index in [9.17, 15) is 4.79 Å². The number of aryl methyl sites for hydroxylation is 1. The summed E-state index contributed by atoms with van der Waals surface area (Å²) in [5.41, 5.74) is 2.51. The van der Waals surface area contributed by atoms with Crippen LogP contribution in [0.4, 0.5) is 0 Å². The molecule has 1 aliphatic rings. The van der Waals surface area contributed by atoms with Crippen molar-refractivity contribution in [1.29, 1.82) is 0 Å². The molecular formula is C21H24N4O3. The van der Waals surface area contributed by atoms with E-state index in [1.54, 1.807) is 6.07 Å². The Morgan fingerprint density at radius 1 is 1.11 bits per heavy atom. The fourth-order valence-corrected chi connectivity index (χ4v) is 3.37. The molecular weight excluding hydrogens is 356 g/mol. The molecule has 1 aromatic carbocycles. The summed E-state index contributed by atoms with van der Waals surface area (Å²) in [6.07, 6.45) is 1.58. The molecule has 28 heavy (non-hydrogen) atoms. The van der Waals surface area contributed by atoms with Crippen LogP contribution >= 0.6 is 0 Å². The van der Waals surface area contributed by atoms with E-state index < -0.39 is 0 Å². The van der Waals surface area contributed by atoms with Crippen LogP contribution in [0, 0.1) is 6.92 Å². The summed E-state index contributed by atoms with van der Waals surface area (Å²) in [4.78, 5) is 19.0. The fraction of sp³-hybridized carbons (Fsp3) is 0.429. The van der Waals surface area contributed by atoms with Crippen molar-refractivity contribution >= 4 is 5.91 Å². The molecule has 0 aliphatic carbocycles. The number of nitrogens with zero attached hydrogens (tertiary/aromatic N) is 4. The van der Waals surface area contributed by atoms with E-state index in [1.807, 2.05) is 49.9 Å². The number of hydrogen-bond acceptors (Lipinski definition) is 6. The molecule has 0 spiro atoms. The third kappa shape index (κ3) is 3.69. The summed E-state index contributed by atoms with van der Waals surface area (Å²) in [5, 5.41) is 8.05. The van der Waals surface area contributed by atoms with E-state index in [4.69, 9.17) is 9.05 Å². The zero-order valence-corrected chi connectivity index (χ0v) is 16.4. The lowest BCUT2D eigenvalue weighted by atomic mass is 9.96. The van der Waals surface area contributed by atoms with Crippen molar-refractivity contribution in [2.45, 2.75) is 45.4 Å². The molecule has 0 unspecified atom stereocenters. The van der Waals surface area contributed by atoms with Crippen molar-refractivity contribution < 1.29 is 13.8 Å². The van der Waals surface area contributed by atoms with Gasteiger partial charge in [0, 0.05) is 36.6 Å². The average molecular weight is 380 g/mol. The maximum Gasteiger partial charge on any atom is 0.276 e.